The number of hydrogen-bond acceptors (Lipinski definition) is 2. The Morgan fingerprint density at radius 3 is 2.79 bits per heavy atom. The van der Waals surface area contributed by atoms with Gasteiger partial charge >= 0.3 is 0 Å². The third-order valence-corrected chi connectivity index (χ3v) is 5.79. The standard InChI is InChI=1S/C14H14BrClINS/c1-2-5-18-14(11-7-19-8-12(11)15)10-6-9(16)3-4-13(10)17/h3-4,6-8,14,18H,2,5H2,1H3. The monoisotopic (exact) mass is 469 g/mol. The van der Waals surface area contributed by atoms with Crippen molar-refractivity contribution >= 4 is 61.5 Å². The van der Waals surface area contributed by atoms with Crippen molar-refractivity contribution in [3.8, 4) is 0 Å². The van der Waals surface area contributed by atoms with Crippen LogP contribution in [0.2, 0.25) is 5.02 Å². The molecule has 2 rings (SSSR count). The summed E-state index contributed by atoms with van der Waals surface area (Å²) >= 11 is 13.9. The molecule has 1 N–H and O–H groups in total. The normalized spacial score (nSPS) is 12.6. The Morgan fingerprint density at radius 2 is 2.16 bits per heavy atom. The van der Waals surface area contributed by atoms with Gasteiger partial charge in [0.15, 0.2) is 0 Å². The number of thiophene rings is 1. The Kier molecular flexibility index (Phi) is 6.14. The van der Waals surface area contributed by atoms with Crippen molar-refractivity contribution in [1.82, 2.24) is 5.32 Å². The van der Waals surface area contributed by atoms with Crippen LogP contribution in [-0.2, 0) is 0 Å². The molecule has 1 atom stereocenters. The summed E-state index contributed by atoms with van der Waals surface area (Å²) in [5.74, 6) is 0. The van der Waals surface area contributed by atoms with Gasteiger partial charge in [-0.3, -0.25) is 0 Å². The van der Waals surface area contributed by atoms with E-state index in [2.05, 4.69) is 73.7 Å². The molecular weight excluding hydrogens is 456 g/mol. The number of nitrogens with one attached hydrogen (secondary N) is 1. The molecule has 1 aromatic heterocycles. The summed E-state index contributed by atoms with van der Waals surface area (Å²) in [4.78, 5) is 0. The van der Waals surface area contributed by atoms with E-state index in [0.29, 0.717) is 0 Å². The second-order valence-electron chi connectivity index (χ2n) is 4.23. The lowest BCUT2D eigenvalue weighted by atomic mass is 10.0. The number of hydrogen-bond donors (Lipinski definition) is 1. The van der Waals surface area contributed by atoms with E-state index in [9.17, 15) is 0 Å². The molecule has 0 radical (unpaired) electrons. The molecule has 1 aromatic carbocycles. The van der Waals surface area contributed by atoms with Crippen molar-refractivity contribution in [2.24, 2.45) is 0 Å². The van der Waals surface area contributed by atoms with Gasteiger partial charge in [-0.2, -0.15) is 11.3 Å². The molecule has 0 saturated carbocycles. The van der Waals surface area contributed by atoms with Gasteiger partial charge in [-0.05, 0) is 86.2 Å². The Bertz CT molecular complexity index is 558. The molecule has 0 amide bonds. The maximum absolute atomic E-state index is 6.16. The lowest BCUT2D eigenvalue weighted by Gasteiger charge is -2.20. The molecule has 19 heavy (non-hydrogen) atoms. The van der Waals surface area contributed by atoms with Crippen LogP contribution < -0.4 is 5.32 Å². The van der Waals surface area contributed by atoms with E-state index < -0.39 is 0 Å². The van der Waals surface area contributed by atoms with E-state index in [0.717, 1.165) is 22.5 Å². The largest absolute Gasteiger partial charge is 0.306 e. The Balaban J connectivity index is 2.42. The SMILES string of the molecule is CCCNC(c1cscc1Br)c1cc(Cl)ccc1I. The van der Waals surface area contributed by atoms with Crippen molar-refractivity contribution in [2.75, 3.05) is 6.54 Å². The van der Waals surface area contributed by atoms with E-state index in [1.807, 2.05) is 6.07 Å². The van der Waals surface area contributed by atoms with E-state index in [-0.39, 0.29) is 6.04 Å². The van der Waals surface area contributed by atoms with Crippen LogP contribution in [0.1, 0.15) is 30.5 Å². The first kappa shape index (κ1) is 15.8. The predicted molar refractivity (Wildman–Crippen MR) is 96.3 cm³/mol. The van der Waals surface area contributed by atoms with Crippen molar-refractivity contribution in [2.45, 2.75) is 19.4 Å². The summed E-state index contributed by atoms with van der Waals surface area (Å²) in [6.45, 7) is 3.16. The maximum atomic E-state index is 6.16. The van der Waals surface area contributed by atoms with Crippen LogP contribution in [0.15, 0.2) is 33.4 Å². The van der Waals surface area contributed by atoms with Crippen molar-refractivity contribution in [3.05, 3.63) is 53.2 Å². The summed E-state index contributed by atoms with van der Waals surface area (Å²) in [5.41, 5.74) is 2.51. The highest BCUT2D eigenvalue weighted by molar-refractivity contribution is 14.1. The van der Waals surface area contributed by atoms with E-state index >= 15 is 0 Å². The molecule has 0 saturated heterocycles. The molecule has 5 heteroatoms. The first-order valence-corrected chi connectivity index (χ1v) is 9.22. The first-order chi connectivity index (χ1) is 9.13. The number of halogens is 3. The third-order valence-electron chi connectivity index (χ3n) is 2.82. The van der Waals surface area contributed by atoms with Crippen molar-refractivity contribution in [1.29, 1.82) is 0 Å². The van der Waals surface area contributed by atoms with Crippen LogP contribution in [0.25, 0.3) is 0 Å². The molecule has 0 fully saturated rings. The molecule has 0 spiro atoms. The molecule has 0 aliphatic rings. The minimum atomic E-state index is 0.186. The number of rotatable bonds is 5. The van der Waals surface area contributed by atoms with Gasteiger partial charge in [0.05, 0.1) is 6.04 Å². The molecule has 1 heterocycles. The van der Waals surface area contributed by atoms with E-state index in [1.165, 1.54) is 14.7 Å². The van der Waals surface area contributed by atoms with Gasteiger partial charge in [-0.15, -0.1) is 0 Å². The van der Waals surface area contributed by atoms with Gasteiger partial charge in [0.1, 0.15) is 0 Å². The molecule has 0 aliphatic carbocycles. The Labute approximate surface area is 145 Å². The average Bonchev–Trinajstić information content (AvgIpc) is 2.80. The highest BCUT2D eigenvalue weighted by atomic mass is 127. The summed E-state index contributed by atoms with van der Waals surface area (Å²) in [7, 11) is 0. The Hall–Kier alpha value is 0.380. The molecule has 1 nitrogen and oxygen atoms in total. The summed E-state index contributed by atoms with van der Waals surface area (Å²) in [6, 6.07) is 6.25. The highest BCUT2D eigenvalue weighted by Crippen LogP contribution is 2.34. The van der Waals surface area contributed by atoms with Crippen LogP contribution in [-0.4, -0.2) is 6.54 Å². The van der Waals surface area contributed by atoms with Crippen molar-refractivity contribution in [3.63, 3.8) is 0 Å². The fourth-order valence-electron chi connectivity index (χ4n) is 1.91. The smallest absolute Gasteiger partial charge is 0.0607 e. The van der Waals surface area contributed by atoms with Gasteiger partial charge < -0.3 is 5.32 Å². The van der Waals surface area contributed by atoms with Crippen LogP contribution >= 0.6 is 61.5 Å². The van der Waals surface area contributed by atoms with Crippen LogP contribution in [0.5, 0.6) is 0 Å². The fraction of sp³-hybridized carbons (Fsp3) is 0.286. The lowest BCUT2D eigenvalue weighted by Crippen LogP contribution is -2.23. The van der Waals surface area contributed by atoms with Gasteiger partial charge in [0.25, 0.3) is 0 Å². The quantitative estimate of drug-likeness (QED) is 0.540. The van der Waals surface area contributed by atoms with Crippen LogP contribution in [0.4, 0.5) is 0 Å². The second-order valence-corrected chi connectivity index (χ2v) is 7.42. The second kappa shape index (κ2) is 7.41. The summed E-state index contributed by atoms with van der Waals surface area (Å²) in [5, 5.41) is 8.70. The molecule has 2 aromatic rings. The van der Waals surface area contributed by atoms with Gasteiger partial charge in [0, 0.05) is 18.4 Å². The zero-order valence-electron chi connectivity index (χ0n) is 10.4. The summed E-state index contributed by atoms with van der Waals surface area (Å²) < 4.78 is 2.38. The summed E-state index contributed by atoms with van der Waals surface area (Å²) in [6.07, 6.45) is 1.11. The van der Waals surface area contributed by atoms with Crippen molar-refractivity contribution < 1.29 is 0 Å². The van der Waals surface area contributed by atoms with Gasteiger partial charge in [0.2, 0.25) is 0 Å². The lowest BCUT2D eigenvalue weighted by molar-refractivity contribution is 0.596. The Morgan fingerprint density at radius 1 is 1.37 bits per heavy atom. The molecule has 0 bridgehead atoms. The number of benzene rings is 1. The predicted octanol–water partition coefficient (Wildman–Crippen LogP) is 5.86. The first-order valence-electron chi connectivity index (χ1n) is 6.03. The van der Waals surface area contributed by atoms with Crippen LogP contribution in [0, 0.1) is 3.57 Å². The third kappa shape index (κ3) is 3.94. The minimum absolute atomic E-state index is 0.186. The van der Waals surface area contributed by atoms with E-state index in [1.54, 1.807) is 11.3 Å². The molecule has 1 unspecified atom stereocenters. The topological polar surface area (TPSA) is 12.0 Å². The molecule has 102 valence electrons. The minimum Gasteiger partial charge on any atom is -0.306 e. The maximum Gasteiger partial charge on any atom is 0.0607 e. The van der Waals surface area contributed by atoms with Crippen LogP contribution in [0.3, 0.4) is 0 Å². The van der Waals surface area contributed by atoms with Gasteiger partial charge in [-0.25, -0.2) is 0 Å². The van der Waals surface area contributed by atoms with E-state index in [4.69, 9.17) is 11.6 Å². The zero-order valence-corrected chi connectivity index (χ0v) is 15.7. The highest BCUT2D eigenvalue weighted by Gasteiger charge is 2.19. The van der Waals surface area contributed by atoms with Gasteiger partial charge in [-0.1, -0.05) is 18.5 Å². The molecule has 0 aliphatic heterocycles. The molecular formula is C14H14BrClINS. The zero-order chi connectivity index (χ0) is 13.8. The average molecular weight is 471 g/mol. The fourth-order valence-corrected chi connectivity index (χ4v) is 4.29.